The van der Waals surface area contributed by atoms with E-state index in [9.17, 15) is 9.18 Å². The van der Waals surface area contributed by atoms with E-state index < -0.39 is 0 Å². The van der Waals surface area contributed by atoms with Gasteiger partial charge in [0.05, 0.1) is 0 Å². The highest BCUT2D eigenvalue weighted by Gasteiger charge is 2.34. The van der Waals surface area contributed by atoms with Crippen molar-refractivity contribution in [3.8, 4) is 0 Å². The van der Waals surface area contributed by atoms with E-state index in [-0.39, 0.29) is 17.5 Å². The van der Waals surface area contributed by atoms with E-state index in [2.05, 4.69) is 24.0 Å². The van der Waals surface area contributed by atoms with Gasteiger partial charge in [-0.25, -0.2) is 9.37 Å². The molecule has 0 radical (unpaired) electrons. The second-order valence-electron chi connectivity index (χ2n) is 8.82. The fraction of sp³-hybridized carbons (Fsp3) is 0.423. The summed E-state index contributed by atoms with van der Waals surface area (Å²) < 4.78 is 14.1. The van der Waals surface area contributed by atoms with E-state index in [1.165, 1.54) is 18.9 Å². The normalized spacial score (nSPS) is 21.7. The Hall–Kier alpha value is -2.62. The average Bonchev–Trinajstić information content (AvgIpc) is 3.64. The van der Waals surface area contributed by atoms with Crippen LogP contribution in [0.3, 0.4) is 0 Å². The number of pyridine rings is 2. The number of carbonyl (C=O) groups excluding carboxylic acids is 1. The third-order valence-corrected chi connectivity index (χ3v) is 6.89. The van der Waals surface area contributed by atoms with Crippen molar-refractivity contribution in [3.05, 3.63) is 70.9 Å². The lowest BCUT2D eigenvalue weighted by atomic mass is 9.75. The molecule has 5 rings (SSSR count). The molecular weight excluding hydrogens is 375 g/mol. The van der Waals surface area contributed by atoms with E-state index >= 15 is 0 Å². The Kier molecular flexibility index (Phi) is 5.10. The van der Waals surface area contributed by atoms with Gasteiger partial charge in [-0.2, -0.15) is 0 Å². The number of hydrogen-bond acceptors (Lipinski definition) is 3. The second kappa shape index (κ2) is 7.90. The van der Waals surface area contributed by atoms with Gasteiger partial charge in [0.15, 0.2) is 5.78 Å². The van der Waals surface area contributed by atoms with Crippen LogP contribution >= 0.6 is 0 Å². The van der Waals surface area contributed by atoms with Crippen molar-refractivity contribution in [2.45, 2.75) is 63.7 Å². The second-order valence-corrected chi connectivity index (χ2v) is 8.82. The first-order valence-corrected chi connectivity index (χ1v) is 11.2. The predicted octanol–water partition coefficient (Wildman–Crippen LogP) is 6.37. The van der Waals surface area contributed by atoms with Crippen molar-refractivity contribution >= 4 is 16.7 Å². The van der Waals surface area contributed by atoms with Crippen LogP contribution < -0.4 is 0 Å². The summed E-state index contributed by atoms with van der Waals surface area (Å²) in [6.07, 6.45) is 8.52. The van der Waals surface area contributed by atoms with Gasteiger partial charge in [0.25, 0.3) is 0 Å². The largest absolute Gasteiger partial charge is 0.292 e. The molecule has 3 nitrogen and oxygen atoms in total. The Labute approximate surface area is 176 Å². The molecule has 154 valence electrons. The molecule has 1 aromatic carbocycles. The summed E-state index contributed by atoms with van der Waals surface area (Å²) >= 11 is 0. The molecule has 0 N–H and O–H groups in total. The zero-order valence-corrected chi connectivity index (χ0v) is 17.4. The third-order valence-electron chi connectivity index (χ3n) is 6.89. The monoisotopic (exact) mass is 402 g/mol. The SMILES string of the molecule is CCc1ccc(C2CC2)c(C(=O)C2CCC(c3ccnc4c(F)cccc34)CC2)n1. The number of benzene rings is 1. The Morgan fingerprint density at radius 1 is 0.967 bits per heavy atom. The maximum atomic E-state index is 14.1. The molecule has 0 saturated heterocycles. The summed E-state index contributed by atoms with van der Waals surface area (Å²) in [6.45, 7) is 2.08. The van der Waals surface area contributed by atoms with Crippen LogP contribution in [0.25, 0.3) is 10.9 Å². The van der Waals surface area contributed by atoms with Gasteiger partial charge in [-0.15, -0.1) is 0 Å². The molecule has 2 aromatic heterocycles. The van der Waals surface area contributed by atoms with Crippen LogP contribution in [0.2, 0.25) is 0 Å². The van der Waals surface area contributed by atoms with Crippen molar-refractivity contribution in [1.29, 1.82) is 0 Å². The van der Waals surface area contributed by atoms with Gasteiger partial charge in [0.2, 0.25) is 0 Å². The minimum atomic E-state index is -0.271. The maximum Gasteiger partial charge on any atom is 0.184 e. The van der Waals surface area contributed by atoms with Gasteiger partial charge < -0.3 is 0 Å². The molecule has 3 aromatic rings. The number of Topliss-reactive ketones (excluding diaryl/α,β-unsaturated/α-hetero) is 1. The molecule has 2 heterocycles. The first-order valence-electron chi connectivity index (χ1n) is 11.2. The fourth-order valence-electron chi connectivity index (χ4n) is 5.01. The number of fused-ring (bicyclic) bond motifs is 1. The van der Waals surface area contributed by atoms with Crippen molar-refractivity contribution < 1.29 is 9.18 Å². The number of hydrogen-bond donors (Lipinski definition) is 0. The van der Waals surface area contributed by atoms with E-state index in [1.807, 2.05) is 12.1 Å². The smallest absolute Gasteiger partial charge is 0.184 e. The topological polar surface area (TPSA) is 42.9 Å². The summed E-state index contributed by atoms with van der Waals surface area (Å²) in [4.78, 5) is 22.4. The van der Waals surface area contributed by atoms with Gasteiger partial charge in [0.1, 0.15) is 17.0 Å². The van der Waals surface area contributed by atoms with Crippen LogP contribution in [0, 0.1) is 11.7 Å². The lowest BCUT2D eigenvalue weighted by Gasteiger charge is -2.29. The van der Waals surface area contributed by atoms with E-state index in [1.54, 1.807) is 12.3 Å². The highest BCUT2D eigenvalue weighted by molar-refractivity contribution is 5.97. The van der Waals surface area contributed by atoms with Crippen LogP contribution in [-0.4, -0.2) is 15.8 Å². The highest BCUT2D eigenvalue weighted by Crippen LogP contribution is 2.44. The van der Waals surface area contributed by atoms with Gasteiger partial charge in [-0.1, -0.05) is 25.1 Å². The Morgan fingerprint density at radius 3 is 2.43 bits per heavy atom. The lowest BCUT2D eigenvalue weighted by molar-refractivity contribution is 0.0877. The summed E-state index contributed by atoms with van der Waals surface area (Å²) in [5.41, 5.74) is 4.51. The minimum Gasteiger partial charge on any atom is -0.292 e. The summed E-state index contributed by atoms with van der Waals surface area (Å²) in [5, 5.41) is 0.903. The minimum absolute atomic E-state index is 0.0446. The molecule has 0 atom stereocenters. The standard InChI is InChI=1S/C26H27FN2O/c1-2-19-12-13-21(17-6-7-17)25(29-19)26(30)18-10-8-16(9-11-18)20-14-15-28-24-22(20)4-3-5-23(24)27/h3-5,12-18H,2,6-11H2,1H3. The summed E-state index contributed by atoms with van der Waals surface area (Å²) in [7, 11) is 0. The van der Waals surface area contributed by atoms with Gasteiger partial charge >= 0.3 is 0 Å². The predicted molar refractivity (Wildman–Crippen MR) is 116 cm³/mol. The Balaban J connectivity index is 1.36. The van der Waals surface area contributed by atoms with Crippen molar-refractivity contribution in [2.24, 2.45) is 5.92 Å². The van der Waals surface area contributed by atoms with E-state index in [0.29, 0.717) is 17.4 Å². The molecule has 30 heavy (non-hydrogen) atoms. The number of aryl methyl sites for hydroxylation is 1. The molecule has 4 heteroatoms. The number of aromatic nitrogens is 2. The molecule has 0 amide bonds. The number of halogens is 1. The number of carbonyl (C=O) groups is 1. The average molecular weight is 403 g/mol. The number of rotatable bonds is 5. The van der Waals surface area contributed by atoms with Crippen LogP contribution in [0.15, 0.2) is 42.6 Å². The van der Waals surface area contributed by atoms with Crippen LogP contribution in [-0.2, 0) is 6.42 Å². The van der Waals surface area contributed by atoms with Gasteiger partial charge in [0, 0.05) is 23.2 Å². The first-order chi connectivity index (χ1) is 14.7. The first kappa shape index (κ1) is 19.3. The van der Waals surface area contributed by atoms with Crippen LogP contribution in [0.1, 0.15) is 84.6 Å². The molecule has 2 aliphatic carbocycles. The van der Waals surface area contributed by atoms with E-state index in [4.69, 9.17) is 4.98 Å². The zero-order chi connectivity index (χ0) is 20.7. The highest BCUT2D eigenvalue weighted by atomic mass is 19.1. The van der Waals surface area contributed by atoms with Gasteiger partial charge in [-0.3, -0.25) is 9.78 Å². The molecule has 0 bridgehead atoms. The Bertz CT molecular complexity index is 1100. The molecule has 0 spiro atoms. The van der Waals surface area contributed by atoms with Crippen molar-refractivity contribution in [3.63, 3.8) is 0 Å². The zero-order valence-electron chi connectivity index (χ0n) is 17.4. The summed E-state index contributed by atoms with van der Waals surface area (Å²) in [5.74, 6) is 0.878. The summed E-state index contributed by atoms with van der Waals surface area (Å²) in [6, 6.07) is 11.4. The van der Waals surface area contributed by atoms with Crippen LogP contribution in [0.4, 0.5) is 4.39 Å². The lowest BCUT2D eigenvalue weighted by Crippen LogP contribution is -2.23. The molecule has 0 unspecified atom stereocenters. The molecule has 2 aliphatic rings. The quantitative estimate of drug-likeness (QED) is 0.466. The number of nitrogens with zero attached hydrogens (tertiary/aromatic N) is 2. The fourth-order valence-corrected chi connectivity index (χ4v) is 5.01. The molecule has 2 saturated carbocycles. The van der Waals surface area contributed by atoms with Gasteiger partial charge in [-0.05, 0) is 86.1 Å². The number of ketones is 1. The molecular formula is C26H27FN2O. The number of para-hydroxylation sites is 1. The van der Waals surface area contributed by atoms with E-state index in [0.717, 1.165) is 60.0 Å². The van der Waals surface area contributed by atoms with Crippen LogP contribution in [0.5, 0.6) is 0 Å². The Morgan fingerprint density at radius 2 is 1.70 bits per heavy atom. The van der Waals surface area contributed by atoms with Crippen molar-refractivity contribution in [1.82, 2.24) is 9.97 Å². The molecule has 2 fully saturated rings. The molecule has 0 aliphatic heterocycles. The third kappa shape index (κ3) is 3.53. The maximum absolute atomic E-state index is 14.1. The van der Waals surface area contributed by atoms with Crippen molar-refractivity contribution in [2.75, 3.05) is 0 Å².